The first-order valence-electron chi connectivity index (χ1n) is 5.24. The standard InChI is InChI=1S/C11H14N4OS/c1-7-10(4-12-14-7)11(16)15(3)5-9-6-17-8(2)13-9/h4,6H,5H2,1-3H3,(H,12,14). The normalized spacial score (nSPS) is 10.5. The molecule has 0 saturated heterocycles. The summed E-state index contributed by atoms with van der Waals surface area (Å²) in [5.41, 5.74) is 2.32. The van der Waals surface area contributed by atoms with E-state index < -0.39 is 0 Å². The Balaban J connectivity index is 2.08. The molecule has 0 saturated carbocycles. The average molecular weight is 250 g/mol. The van der Waals surface area contributed by atoms with Crippen molar-refractivity contribution >= 4 is 17.2 Å². The van der Waals surface area contributed by atoms with Crippen LogP contribution in [0.3, 0.4) is 0 Å². The van der Waals surface area contributed by atoms with Gasteiger partial charge in [0.05, 0.1) is 29.0 Å². The number of nitrogens with zero attached hydrogens (tertiary/aromatic N) is 3. The topological polar surface area (TPSA) is 61.9 Å². The van der Waals surface area contributed by atoms with Crippen molar-refractivity contribution in [1.29, 1.82) is 0 Å². The summed E-state index contributed by atoms with van der Waals surface area (Å²) in [5, 5.41) is 9.60. The summed E-state index contributed by atoms with van der Waals surface area (Å²) in [4.78, 5) is 18.1. The van der Waals surface area contributed by atoms with Crippen molar-refractivity contribution in [2.75, 3.05) is 7.05 Å². The number of carbonyl (C=O) groups is 1. The van der Waals surface area contributed by atoms with Crippen LogP contribution in [-0.4, -0.2) is 33.0 Å². The second-order valence-corrected chi connectivity index (χ2v) is 4.99. The van der Waals surface area contributed by atoms with E-state index >= 15 is 0 Å². The van der Waals surface area contributed by atoms with Gasteiger partial charge in [0.25, 0.3) is 5.91 Å². The van der Waals surface area contributed by atoms with Crippen LogP contribution in [0, 0.1) is 13.8 Å². The molecule has 2 aromatic rings. The maximum Gasteiger partial charge on any atom is 0.257 e. The molecule has 0 unspecified atom stereocenters. The Morgan fingerprint density at radius 2 is 2.29 bits per heavy atom. The molecule has 17 heavy (non-hydrogen) atoms. The zero-order valence-corrected chi connectivity index (χ0v) is 10.8. The van der Waals surface area contributed by atoms with Crippen LogP contribution in [0.2, 0.25) is 0 Å². The Kier molecular flexibility index (Phi) is 3.23. The highest BCUT2D eigenvalue weighted by Gasteiger charge is 2.16. The quantitative estimate of drug-likeness (QED) is 0.902. The summed E-state index contributed by atoms with van der Waals surface area (Å²) >= 11 is 1.59. The molecule has 0 aliphatic rings. The van der Waals surface area contributed by atoms with Gasteiger partial charge in [0, 0.05) is 18.1 Å². The first-order chi connectivity index (χ1) is 8.08. The third-order valence-corrected chi connectivity index (χ3v) is 3.30. The minimum absolute atomic E-state index is 0.0399. The van der Waals surface area contributed by atoms with Crippen molar-refractivity contribution in [2.45, 2.75) is 20.4 Å². The maximum absolute atomic E-state index is 12.1. The van der Waals surface area contributed by atoms with E-state index in [-0.39, 0.29) is 5.91 Å². The molecule has 1 amide bonds. The van der Waals surface area contributed by atoms with Crippen LogP contribution in [0.5, 0.6) is 0 Å². The molecule has 90 valence electrons. The molecule has 0 bridgehead atoms. The number of H-pyrrole nitrogens is 1. The van der Waals surface area contributed by atoms with Crippen molar-refractivity contribution in [3.63, 3.8) is 0 Å². The van der Waals surface area contributed by atoms with E-state index in [1.165, 1.54) is 0 Å². The molecule has 0 aliphatic heterocycles. The third kappa shape index (κ3) is 2.52. The molecular weight excluding hydrogens is 236 g/mol. The summed E-state index contributed by atoms with van der Waals surface area (Å²) in [6, 6.07) is 0. The number of carbonyl (C=O) groups excluding carboxylic acids is 1. The Bertz CT molecular complexity index is 531. The van der Waals surface area contributed by atoms with Crippen LogP contribution in [-0.2, 0) is 6.54 Å². The van der Waals surface area contributed by atoms with E-state index in [1.807, 2.05) is 19.2 Å². The van der Waals surface area contributed by atoms with Gasteiger partial charge in [-0.05, 0) is 13.8 Å². The largest absolute Gasteiger partial charge is 0.336 e. The summed E-state index contributed by atoms with van der Waals surface area (Å²) in [6.45, 7) is 4.31. The second-order valence-electron chi connectivity index (χ2n) is 3.93. The van der Waals surface area contributed by atoms with Crippen molar-refractivity contribution in [2.24, 2.45) is 0 Å². The Labute approximate surface area is 103 Å². The maximum atomic E-state index is 12.1. The van der Waals surface area contributed by atoms with E-state index in [1.54, 1.807) is 29.5 Å². The fourth-order valence-electron chi connectivity index (χ4n) is 1.57. The minimum atomic E-state index is -0.0399. The molecule has 0 radical (unpaired) electrons. The predicted molar refractivity (Wildman–Crippen MR) is 66.0 cm³/mol. The zero-order valence-electron chi connectivity index (χ0n) is 10.0. The highest BCUT2D eigenvalue weighted by atomic mass is 32.1. The highest BCUT2D eigenvalue weighted by Crippen LogP contribution is 2.12. The minimum Gasteiger partial charge on any atom is -0.336 e. The van der Waals surface area contributed by atoms with Crippen LogP contribution < -0.4 is 0 Å². The lowest BCUT2D eigenvalue weighted by molar-refractivity contribution is 0.0783. The lowest BCUT2D eigenvalue weighted by Gasteiger charge is -2.15. The summed E-state index contributed by atoms with van der Waals surface area (Å²) < 4.78 is 0. The number of hydrogen-bond acceptors (Lipinski definition) is 4. The molecule has 2 aromatic heterocycles. The second kappa shape index (κ2) is 4.67. The summed E-state index contributed by atoms with van der Waals surface area (Å²) in [7, 11) is 1.77. The van der Waals surface area contributed by atoms with E-state index in [2.05, 4.69) is 15.2 Å². The van der Waals surface area contributed by atoms with Gasteiger partial charge in [0.2, 0.25) is 0 Å². The monoisotopic (exact) mass is 250 g/mol. The Morgan fingerprint density at radius 3 is 2.82 bits per heavy atom. The predicted octanol–water partition coefficient (Wildman–Crippen LogP) is 1.76. The van der Waals surface area contributed by atoms with E-state index in [0.29, 0.717) is 12.1 Å². The van der Waals surface area contributed by atoms with Crippen LogP contribution in [0.15, 0.2) is 11.6 Å². The van der Waals surface area contributed by atoms with E-state index in [0.717, 1.165) is 16.4 Å². The number of thiazole rings is 1. The molecule has 2 rings (SSSR count). The van der Waals surface area contributed by atoms with Crippen LogP contribution in [0.1, 0.15) is 26.8 Å². The van der Waals surface area contributed by atoms with Gasteiger partial charge in [-0.2, -0.15) is 5.10 Å². The first-order valence-corrected chi connectivity index (χ1v) is 6.12. The van der Waals surface area contributed by atoms with Gasteiger partial charge in [-0.25, -0.2) is 4.98 Å². The van der Waals surface area contributed by atoms with Crippen LogP contribution >= 0.6 is 11.3 Å². The number of nitrogens with one attached hydrogen (secondary N) is 1. The summed E-state index contributed by atoms with van der Waals surface area (Å²) in [5.74, 6) is -0.0399. The lowest BCUT2D eigenvalue weighted by Crippen LogP contribution is -2.26. The van der Waals surface area contributed by atoms with Gasteiger partial charge in [0.15, 0.2) is 0 Å². The zero-order chi connectivity index (χ0) is 12.4. The van der Waals surface area contributed by atoms with E-state index in [4.69, 9.17) is 0 Å². The molecular formula is C11H14N4OS. The van der Waals surface area contributed by atoms with Crippen LogP contribution in [0.4, 0.5) is 0 Å². The Morgan fingerprint density at radius 1 is 1.53 bits per heavy atom. The molecule has 1 N–H and O–H groups in total. The molecule has 0 aromatic carbocycles. The molecule has 2 heterocycles. The number of amides is 1. The molecule has 0 spiro atoms. The summed E-state index contributed by atoms with van der Waals surface area (Å²) in [6.07, 6.45) is 1.56. The van der Waals surface area contributed by atoms with Gasteiger partial charge < -0.3 is 4.90 Å². The highest BCUT2D eigenvalue weighted by molar-refractivity contribution is 7.09. The van der Waals surface area contributed by atoms with E-state index in [9.17, 15) is 4.79 Å². The molecule has 0 aliphatic carbocycles. The number of rotatable bonds is 3. The smallest absolute Gasteiger partial charge is 0.257 e. The SMILES string of the molecule is Cc1nc(CN(C)C(=O)c2cn[nH]c2C)cs1. The van der Waals surface area contributed by atoms with Crippen molar-refractivity contribution in [1.82, 2.24) is 20.1 Å². The number of hydrogen-bond donors (Lipinski definition) is 1. The Hall–Kier alpha value is -1.69. The average Bonchev–Trinajstić information content (AvgIpc) is 2.86. The fraction of sp³-hybridized carbons (Fsp3) is 0.364. The number of aromatic amines is 1. The number of aromatic nitrogens is 3. The van der Waals surface area contributed by atoms with Gasteiger partial charge in [-0.15, -0.1) is 11.3 Å². The van der Waals surface area contributed by atoms with Crippen LogP contribution in [0.25, 0.3) is 0 Å². The first kappa shape index (κ1) is 11.8. The molecule has 6 heteroatoms. The fourth-order valence-corrected chi connectivity index (χ4v) is 2.17. The van der Waals surface area contributed by atoms with Crippen molar-refractivity contribution in [3.8, 4) is 0 Å². The molecule has 0 atom stereocenters. The van der Waals surface area contributed by atoms with Gasteiger partial charge in [-0.3, -0.25) is 9.89 Å². The van der Waals surface area contributed by atoms with Gasteiger partial charge >= 0.3 is 0 Å². The van der Waals surface area contributed by atoms with Crippen molar-refractivity contribution in [3.05, 3.63) is 33.5 Å². The lowest BCUT2D eigenvalue weighted by atomic mass is 10.2. The molecule has 5 nitrogen and oxygen atoms in total. The number of aryl methyl sites for hydroxylation is 2. The van der Waals surface area contributed by atoms with Gasteiger partial charge in [-0.1, -0.05) is 0 Å². The third-order valence-electron chi connectivity index (χ3n) is 2.47. The van der Waals surface area contributed by atoms with Gasteiger partial charge in [0.1, 0.15) is 0 Å². The molecule has 0 fully saturated rings. The van der Waals surface area contributed by atoms with Crippen molar-refractivity contribution < 1.29 is 4.79 Å².